The van der Waals surface area contributed by atoms with Gasteiger partial charge in [0.15, 0.2) is 16.7 Å². The molecule has 2 aromatic rings. The van der Waals surface area contributed by atoms with Crippen LogP contribution in [-0.4, -0.2) is 31.7 Å². The Bertz CT molecular complexity index is 1060. The van der Waals surface area contributed by atoms with Crippen LogP contribution < -0.4 is 15.2 Å². The smallest absolute Gasteiger partial charge is 0.264 e. The Hall–Kier alpha value is -2.82. The molecular formula is C17H15N3O5S2. The van der Waals surface area contributed by atoms with Crippen LogP contribution in [0.15, 0.2) is 57.3 Å². The first kappa shape index (κ1) is 19.0. The number of rotatable bonds is 4. The van der Waals surface area contributed by atoms with E-state index in [1.807, 2.05) is 0 Å². The number of sulfonamides is 1. The first-order chi connectivity index (χ1) is 12.8. The van der Waals surface area contributed by atoms with Gasteiger partial charge in [0.05, 0.1) is 22.6 Å². The van der Waals surface area contributed by atoms with Crippen molar-refractivity contribution in [3.05, 3.63) is 52.9 Å². The highest BCUT2D eigenvalue weighted by atomic mass is 32.2. The van der Waals surface area contributed by atoms with E-state index in [-0.39, 0.29) is 16.6 Å². The number of amidine groups is 1. The summed E-state index contributed by atoms with van der Waals surface area (Å²) in [5.41, 5.74) is 1.15. The summed E-state index contributed by atoms with van der Waals surface area (Å²) in [6.45, 7) is 0. The number of hydrogen-bond acceptors (Lipinski definition) is 7. The van der Waals surface area contributed by atoms with Gasteiger partial charge in [-0.15, -0.1) is 0 Å². The zero-order valence-electron chi connectivity index (χ0n) is 14.0. The summed E-state index contributed by atoms with van der Waals surface area (Å²) in [5.74, 6) is -0.00286. The van der Waals surface area contributed by atoms with E-state index in [1.165, 1.54) is 37.4 Å². The number of thioether (sulfide) groups is 1. The largest absolute Gasteiger partial charge is 0.504 e. The van der Waals surface area contributed by atoms with Crippen LogP contribution in [0, 0.1) is 0 Å². The van der Waals surface area contributed by atoms with Gasteiger partial charge in [-0.25, -0.2) is 18.5 Å². The highest BCUT2D eigenvalue weighted by Gasteiger charge is 2.24. The first-order valence-corrected chi connectivity index (χ1v) is 9.92. The van der Waals surface area contributed by atoms with Gasteiger partial charge in [0.1, 0.15) is 0 Å². The molecule has 0 unspecified atom stereocenters. The fourth-order valence-corrected chi connectivity index (χ4v) is 3.60. The molecule has 0 radical (unpaired) electrons. The van der Waals surface area contributed by atoms with Crippen molar-refractivity contribution in [3.63, 3.8) is 0 Å². The van der Waals surface area contributed by atoms with E-state index in [9.17, 15) is 18.3 Å². The van der Waals surface area contributed by atoms with E-state index in [0.29, 0.717) is 27.1 Å². The lowest BCUT2D eigenvalue weighted by atomic mass is 10.2. The molecule has 1 amide bonds. The van der Waals surface area contributed by atoms with Gasteiger partial charge in [-0.05, 0) is 59.8 Å². The maximum Gasteiger partial charge on any atom is 0.264 e. The van der Waals surface area contributed by atoms with Gasteiger partial charge >= 0.3 is 0 Å². The number of nitrogens with two attached hydrogens (primary N) is 1. The SMILES string of the molecule is COc1cc(/C=C2\SC(=Nc3ccc(S(N)(=O)=O)cc3)NC2=O)ccc1O. The lowest BCUT2D eigenvalue weighted by Crippen LogP contribution is -2.19. The lowest BCUT2D eigenvalue weighted by Gasteiger charge is -2.03. The van der Waals surface area contributed by atoms with Crippen LogP contribution in [-0.2, 0) is 14.8 Å². The fraction of sp³-hybridized carbons (Fsp3) is 0.0588. The van der Waals surface area contributed by atoms with Crippen LogP contribution in [0.4, 0.5) is 5.69 Å². The average molecular weight is 405 g/mol. The molecular weight excluding hydrogens is 390 g/mol. The number of benzene rings is 2. The quantitative estimate of drug-likeness (QED) is 0.666. The zero-order chi connectivity index (χ0) is 19.6. The molecule has 0 saturated carbocycles. The van der Waals surface area contributed by atoms with Crippen molar-refractivity contribution >= 4 is 44.6 Å². The van der Waals surface area contributed by atoms with Crippen LogP contribution in [0.5, 0.6) is 11.5 Å². The minimum absolute atomic E-state index is 0.00775. The van der Waals surface area contributed by atoms with Crippen LogP contribution >= 0.6 is 11.8 Å². The molecule has 0 atom stereocenters. The summed E-state index contributed by atoms with van der Waals surface area (Å²) >= 11 is 1.14. The molecule has 0 spiro atoms. The number of nitrogens with zero attached hydrogens (tertiary/aromatic N) is 1. The van der Waals surface area contributed by atoms with E-state index < -0.39 is 10.0 Å². The van der Waals surface area contributed by atoms with Crippen LogP contribution in [0.3, 0.4) is 0 Å². The number of methoxy groups -OCH3 is 1. The van der Waals surface area contributed by atoms with Crippen molar-refractivity contribution < 1.29 is 23.1 Å². The van der Waals surface area contributed by atoms with Crippen molar-refractivity contribution in [2.45, 2.75) is 4.90 Å². The maximum absolute atomic E-state index is 12.1. The van der Waals surface area contributed by atoms with Crippen molar-refractivity contribution in [1.82, 2.24) is 5.32 Å². The molecule has 27 heavy (non-hydrogen) atoms. The van der Waals surface area contributed by atoms with Crippen molar-refractivity contribution in [3.8, 4) is 11.5 Å². The fourth-order valence-electron chi connectivity index (χ4n) is 2.24. The minimum atomic E-state index is -3.77. The van der Waals surface area contributed by atoms with Gasteiger partial charge in [0.25, 0.3) is 5.91 Å². The number of phenols is 1. The molecule has 1 heterocycles. The van der Waals surface area contributed by atoms with E-state index in [4.69, 9.17) is 9.88 Å². The second kappa shape index (κ2) is 7.43. The average Bonchev–Trinajstić information content (AvgIpc) is 2.95. The number of ether oxygens (including phenoxy) is 1. The predicted octanol–water partition coefficient (Wildman–Crippen LogP) is 1.94. The first-order valence-electron chi connectivity index (χ1n) is 7.56. The lowest BCUT2D eigenvalue weighted by molar-refractivity contribution is -0.115. The Morgan fingerprint density at radius 3 is 2.56 bits per heavy atom. The van der Waals surface area contributed by atoms with Crippen LogP contribution in [0.1, 0.15) is 5.56 Å². The highest BCUT2D eigenvalue weighted by Crippen LogP contribution is 2.31. The third-order valence-electron chi connectivity index (χ3n) is 3.55. The molecule has 3 rings (SSSR count). The molecule has 0 aromatic heterocycles. The number of carbonyl (C=O) groups is 1. The minimum Gasteiger partial charge on any atom is -0.504 e. The second-order valence-electron chi connectivity index (χ2n) is 5.45. The van der Waals surface area contributed by atoms with Crippen molar-refractivity contribution in [1.29, 1.82) is 0 Å². The van der Waals surface area contributed by atoms with Crippen LogP contribution in [0.2, 0.25) is 0 Å². The van der Waals surface area contributed by atoms with Crippen molar-refractivity contribution in [2.75, 3.05) is 7.11 Å². The van der Waals surface area contributed by atoms with E-state index in [1.54, 1.807) is 18.2 Å². The molecule has 140 valence electrons. The molecule has 4 N–H and O–H groups in total. The number of amides is 1. The number of primary sulfonamides is 1. The van der Waals surface area contributed by atoms with Gasteiger partial charge in [-0.3, -0.25) is 4.79 Å². The number of carbonyl (C=O) groups excluding carboxylic acids is 1. The molecule has 2 aromatic carbocycles. The summed E-state index contributed by atoms with van der Waals surface area (Å²) in [6.07, 6.45) is 1.65. The summed E-state index contributed by atoms with van der Waals surface area (Å²) in [4.78, 5) is 16.8. The summed E-state index contributed by atoms with van der Waals surface area (Å²) in [7, 11) is -2.33. The number of aromatic hydroxyl groups is 1. The summed E-state index contributed by atoms with van der Waals surface area (Å²) in [5, 5.41) is 17.7. The topological polar surface area (TPSA) is 131 Å². The van der Waals surface area contributed by atoms with E-state index in [2.05, 4.69) is 10.3 Å². The maximum atomic E-state index is 12.1. The van der Waals surface area contributed by atoms with Gasteiger partial charge in [0.2, 0.25) is 10.0 Å². The Labute approximate surface area is 159 Å². The Morgan fingerprint density at radius 2 is 1.93 bits per heavy atom. The molecule has 1 aliphatic rings. The Balaban J connectivity index is 1.81. The van der Waals surface area contributed by atoms with E-state index in [0.717, 1.165) is 11.8 Å². The highest BCUT2D eigenvalue weighted by molar-refractivity contribution is 8.18. The molecule has 1 aliphatic heterocycles. The Kier molecular flexibility index (Phi) is 5.22. The summed E-state index contributed by atoms with van der Waals surface area (Å²) < 4.78 is 27.6. The number of hydrogen-bond donors (Lipinski definition) is 3. The third kappa shape index (κ3) is 4.48. The van der Waals surface area contributed by atoms with Gasteiger partial charge in [-0.1, -0.05) is 6.07 Å². The second-order valence-corrected chi connectivity index (χ2v) is 8.04. The molecule has 1 fully saturated rings. The third-order valence-corrected chi connectivity index (χ3v) is 5.39. The van der Waals surface area contributed by atoms with E-state index >= 15 is 0 Å². The van der Waals surface area contributed by atoms with Crippen molar-refractivity contribution in [2.24, 2.45) is 10.1 Å². The monoisotopic (exact) mass is 405 g/mol. The molecule has 0 aliphatic carbocycles. The molecule has 0 bridgehead atoms. The molecule has 1 saturated heterocycles. The Morgan fingerprint density at radius 1 is 1.22 bits per heavy atom. The molecule has 8 nitrogen and oxygen atoms in total. The van der Waals surface area contributed by atoms with Gasteiger partial charge in [0, 0.05) is 0 Å². The number of phenolic OH excluding ortho intramolecular Hbond substituents is 1. The zero-order valence-corrected chi connectivity index (χ0v) is 15.7. The van der Waals surface area contributed by atoms with Gasteiger partial charge in [-0.2, -0.15) is 0 Å². The number of aliphatic imine (C=N–C) groups is 1. The molecule has 10 heteroatoms. The summed E-state index contributed by atoms with van der Waals surface area (Å²) in [6, 6.07) is 10.4. The van der Waals surface area contributed by atoms with Gasteiger partial charge < -0.3 is 15.2 Å². The predicted molar refractivity (Wildman–Crippen MR) is 103 cm³/mol. The van der Waals surface area contributed by atoms with Crippen LogP contribution in [0.25, 0.3) is 6.08 Å². The standard InChI is InChI=1S/C17H15N3O5S2/c1-25-14-8-10(2-7-13(14)21)9-15-16(22)20-17(26-15)19-11-3-5-12(6-4-11)27(18,23)24/h2-9,21H,1H3,(H2,18,23,24)(H,19,20,22)/b15-9-. The normalized spacial score (nSPS) is 17.3. The number of nitrogens with one attached hydrogen (secondary N) is 1.